The van der Waals surface area contributed by atoms with Gasteiger partial charge in [0.1, 0.15) is 0 Å². The van der Waals surface area contributed by atoms with Crippen LogP contribution in [0.3, 0.4) is 0 Å². The van der Waals surface area contributed by atoms with Crippen molar-refractivity contribution in [3.63, 3.8) is 0 Å². The van der Waals surface area contributed by atoms with E-state index in [0.29, 0.717) is 26.4 Å². The molecule has 1 N–H and O–H groups in total. The van der Waals surface area contributed by atoms with Gasteiger partial charge in [0.15, 0.2) is 0 Å². The number of methoxy groups -OCH3 is 2. The van der Waals surface area contributed by atoms with Gasteiger partial charge in [-0.1, -0.05) is 0 Å². The number of nitrogens with one attached hydrogen (secondary N) is 1. The van der Waals surface area contributed by atoms with Gasteiger partial charge in [-0.3, -0.25) is 4.79 Å². The Morgan fingerprint density at radius 3 is 2.62 bits per heavy atom. The smallest absolute Gasteiger partial charge is 0.319 e. The van der Waals surface area contributed by atoms with Crippen molar-refractivity contribution in [1.82, 2.24) is 5.32 Å². The SMILES string of the molecule is COCCOCCNCC(=O)OC. The van der Waals surface area contributed by atoms with Gasteiger partial charge >= 0.3 is 5.97 Å². The van der Waals surface area contributed by atoms with Gasteiger partial charge in [-0.2, -0.15) is 0 Å². The summed E-state index contributed by atoms with van der Waals surface area (Å²) in [6, 6.07) is 0. The molecule has 0 amide bonds. The molecule has 0 atom stereocenters. The number of hydrogen-bond acceptors (Lipinski definition) is 5. The first-order chi connectivity index (χ1) is 6.31. The van der Waals surface area contributed by atoms with Crippen molar-refractivity contribution in [1.29, 1.82) is 0 Å². The second-order valence-electron chi connectivity index (χ2n) is 2.36. The first kappa shape index (κ1) is 12.3. The number of esters is 1. The molecular weight excluding hydrogens is 174 g/mol. The molecule has 0 bridgehead atoms. The van der Waals surface area contributed by atoms with E-state index in [1.165, 1.54) is 7.11 Å². The lowest BCUT2D eigenvalue weighted by Crippen LogP contribution is -2.27. The molecule has 0 aromatic rings. The van der Waals surface area contributed by atoms with E-state index < -0.39 is 0 Å². The third-order valence-corrected chi connectivity index (χ3v) is 1.35. The minimum atomic E-state index is -0.267. The molecule has 5 heteroatoms. The van der Waals surface area contributed by atoms with E-state index >= 15 is 0 Å². The highest BCUT2D eigenvalue weighted by molar-refractivity contribution is 5.71. The summed E-state index contributed by atoms with van der Waals surface area (Å²) in [4.78, 5) is 10.6. The molecule has 0 rings (SSSR count). The molecule has 13 heavy (non-hydrogen) atoms. The lowest BCUT2D eigenvalue weighted by atomic mass is 10.6. The van der Waals surface area contributed by atoms with Crippen LogP contribution in [0.4, 0.5) is 0 Å². The van der Waals surface area contributed by atoms with Crippen molar-refractivity contribution < 1.29 is 19.0 Å². The van der Waals surface area contributed by atoms with Crippen LogP contribution in [0, 0.1) is 0 Å². The van der Waals surface area contributed by atoms with Crippen molar-refractivity contribution >= 4 is 5.97 Å². The van der Waals surface area contributed by atoms with E-state index in [1.54, 1.807) is 7.11 Å². The summed E-state index contributed by atoms with van der Waals surface area (Å²) < 4.78 is 14.4. The van der Waals surface area contributed by atoms with Crippen LogP contribution < -0.4 is 5.32 Å². The maximum atomic E-state index is 10.6. The molecular formula is C8H17NO4. The molecule has 0 heterocycles. The first-order valence-electron chi connectivity index (χ1n) is 4.15. The zero-order valence-electron chi connectivity index (χ0n) is 8.17. The molecule has 0 saturated carbocycles. The highest BCUT2D eigenvalue weighted by atomic mass is 16.5. The molecule has 0 aliphatic carbocycles. The maximum absolute atomic E-state index is 10.6. The Labute approximate surface area is 78.3 Å². The van der Waals surface area contributed by atoms with Crippen LogP contribution in [-0.4, -0.2) is 53.1 Å². The van der Waals surface area contributed by atoms with Crippen molar-refractivity contribution in [2.24, 2.45) is 0 Å². The topological polar surface area (TPSA) is 56.8 Å². The number of rotatable bonds is 8. The van der Waals surface area contributed by atoms with Crippen molar-refractivity contribution in [3.8, 4) is 0 Å². The Morgan fingerprint density at radius 2 is 2.00 bits per heavy atom. The van der Waals surface area contributed by atoms with Gasteiger partial charge in [0.25, 0.3) is 0 Å². The van der Waals surface area contributed by atoms with Crippen LogP contribution in [0.5, 0.6) is 0 Å². The lowest BCUT2D eigenvalue weighted by Gasteiger charge is -2.04. The fraction of sp³-hybridized carbons (Fsp3) is 0.875. The van der Waals surface area contributed by atoms with Gasteiger partial charge in [-0.25, -0.2) is 0 Å². The zero-order chi connectivity index (χ0) is 9.94. The van der Waals surface area contributed by atoms with Crippen molar-refractivity contribution in [2.45, 2.75) is 0 Å². The van der Waals surface area contributed by atoms with Crippen LogP contribution in [0.15, 0.2) is 0 Å². The zero-order valence-corrected chi connectivity index (χ0v) is 8.17. The summed E-state index contributed by atoms with van der Waals surface area (Å²) in [7, 11) is 2.98. The summed E-state index contributed by atoms with van der Waals surface area (Å²) in [5.74, 6) is -0.267. The van der Waals surface area contributed by atoms with Crippen LogP contribution >= 0.6 is 0 Å². The summed E-state index contributed by atoms with van der Waals surface area (Å²) >= 11 is 0. The van der Waals surface area contributed by atoms with Crippen LogP contribution in [0.25, 0.3) is 0 Å². The third-order valence-electron chi connectivity index (χ3n) is 1.35. The lowest BCUT2D eigenvalue weighted by molar-refractivity contribution is -0.139. The number of carbonyl (C=O) groups is 1. The van der Waals surface area contributed by atoms with Crippen LogP contribution in [-0.2, 0) is 19.0 Å². The molecule has 0 aromatic heterocycles. The maximum Gasteiger partial charge on any atom is 0.319 e. The molecule has 0 aromatic carbocycles. The molecule has 0 radical (unpaired) electrons. The molecule has 5 nitrogen and oxygen atoms in total. The van der Waals surface area contributed by atoms with Gasteiger partial charge in [-0.05, 0) is 0 Å². The molecule has 0 spiro atoms. The van der Waals surface area contributed by atoms with E-state index in [9.17, 15) is 4.79 Å². The summed E-state index contributed by atoms with van der Waals surface area (Å²) in [6.45, 7) is 2.61. The predicted octanol–water partition coefficient (Wildman–Crippen LogP) is -0.588. The minimum Gasteiger partial charge on any atom is -0.468 e. The standard InChI is InChI=1S/C8H17NO4/c1-11-5-6-13-4-3-9-7-8(10)12-2/h9H,3-7H2,1-2H3. The summed E-state index contributed by atoms with van der Waals surface area (Å²) in [5, 5.41) is 2.87. The van der Waals surface area contributed by atoms with Crippen molar-refractivity contribution in [2.75, 3.05) is 47.1 Å². The number of carbonyl (C=O) groups excluding carboxylic acids is 1. The monoisotopic (exact) mass is 191 g/mol. The van der Waals surface area contributed by atoms with Gasteiger partial charge in [-0.15, -0.1) is 0 Å². The number of hydrogen-bond donors (Lipinski definition) is 1. The van der Waals surface area contributed by atoms with Gasteiger partial charge < -0.3 is 19.5 Å². The molecule has 78 valence electrons. The highest BCUT2D eigenvalue weighted by Gasteiger charge is 1.96. The Balaban J connectivity index is 2.95. The fourth-order valence-corrected chi connectivity index (χ4v) is 0.651. The average Bonchev–Trinajstić information content (AvgIpc) is 2.16. The van der Waals surface area contributed by atoms with Gasteiger partial charge in [0.05, 0.1) is 33.5 Å². The summed E-state index contributed by atoms with van der Waals surface area (Å²) in [5.41, 5.74) is 0. The van der Waals surface area contributed by atoms with Crippen LogP contribution in [0.2, 0.25) is 0 Å². The second-order valence-corrected chi connectivity index (χ2v) is 2.36. The Morgan fingerprint density at radius 1 is 1.23 bits per heavy atom. The van der Waals surface area contributed by atoms with E-state index in [4.69, 9.17) is 9.47 Å². The Bertz CT molecular complexity index is 129. The molecule has 0 aliphatic heterocycles. The fourth-order valence-electron chi connectivity index (χ4n) is 0.651. The average molecular weight is 191 g/mol. The first-order valence-corrected chi connectivity index (χ1v) is 4.15. The van der Waals surface area contributed by atoms with E-state index in [2.05, 4.69) is 10.1 Å². The van der Waals surface area contributed by atoms with Crippen molar-refractivity contribution in [3.05, 3.63) is 0 Å². The highest BCUT2D eigenvalue weighted by Crippen LogP contribution is 1.75. The second kappa shape index (κ2) is 9.44. The third kappa shape index (κ3) is 9.26. The quantitative estimate of drug-likeness (QED) is 0.410. The molecule has 0 aliphatic rings. The molecule has 0 fully saturated rings. The van der Waals surface area contributed by atoms with E-state index in [1.807, 2.05) is 0 Å². The largest absolute Gasteiger partial charge is 0.468 e. The van der Waals surface area contributed by atoms with Crippen LogP contribution in [0.1, 0.15) is 0 Å². The van der Waals surface area contributed by atoms with Gasteiger partial charge in [0, 0.05) is 13.7 Å². The summed E-state index contributed by atoms with van der Waals surface area (Å²) in [6.07, 6.45) is 0. The molecule has 0 unspecified atom stereocenters. The minimum absolute atomic E-state index is 0.226. The Kier molecular flexibility index (Phi) is 8.97. The normalized spacial score (nSPS) is 10.0. The Hall–Kier alpha value is -0.650. The van der Waals surface area contributed by atoms with E-state index in [0.717, 1.165) is 0 Å². The number of ether oxygens (including phenoxy) is 3. The van der Waals surface area contributed by atoms with Gasteiger partial charge in [0.2, 0.25) is 0 Å². The predicted molar refractivity (Wildman–Crippen MR) is 47.6 cm³/mol. The van der Waals surface area contributed by atoms with E-state index in [-0.39, 0.29) is 12.5 Å². The molecule has 0 saturated heterocycles.